The molecule has 0 radical (unpaired) electrons. The fourth-order valence-electron chi connectivity index (χ4n) is 2.09. The van der Waals surface area contributed by atoms with Crippen LogP contribution >= 0.6 is 0 Å². The molecule has 0 aliphatic rings. The normalized spacial score (nSPS) is 13.6. The molecule has 1 rings (SSSR count). The van der Waals surface area contributed by atoms with Gasteiger partial charge >= 0.3 is 5.97 Å². The molecule has 1 atom stereocenters. The Labute approximate surface area is 132 Å². The van der Waals surface area contributed by atoms with Crippen LogP contribution < -0.4 is 10.5 Å². The van der Waals surface area contributed by atoms with Gasteiger partial charge in [0.25, 0.3) is 0 Å². The van der Waals surface area contributed by atoms with Gasteiger partial charge in [-0.25, -0.2) is 0 Å². The van der Waals surface area contributed by atoms with Crippen molar-refractivity contribution in [1.29, 1.82) is 0 Å². The van der Waals surface area contributed by atoms with Gasteiger partial charge in [-0.1, -0.05) is 38.3 Å². The molecular weight excluding hydrogens is 282 g/mol. The Hall–Kier alpha value is -1.59. The number of aliphatic hydroxyl groups is 1. The lowest BCUT2D eigenvalue weighted by Gasteiger charge is -2.21. The molecule has 5 nitrogen and oxygen atoms in total. The molecule has 124 valence electrons. The van der Waals surface area contributed by atoms with Crippen LogP contribution in [0.4, 0.5) is 0 Å². The van der Waals surface area contributed by atoms with Crippen LogP contribution in [0, 0.1) is 0 Å². The van der Waals surface area contributed by atoms with Gasteiger partial charge in [0.15, 0.2) is 0 Å². The third-order valence-electron chi connectivity index (χ3n) is 3.76. The van der Waals surface area contributed by atoms with E-state index in [2.05, 4.69) is 6.92 Å². The van der Waals surface area contributed by atoms with Gasteiger partial charge in [-0.2, -0.15) is 0 Å². The van der Waals surface area contributed by atoms with E-state index in [0.717, 1.165) is 24.3 Å². The maximum Gasteiger partial charge on any atom is 0.326 e. The van der Waals surface area contributed by atoms with Gasteiger partial charge in [-0.15, -0.1) is 0 Å². The average molecular weight is 309 g/mol. The molecule has 0 amide bonds. The van der Waals surface area contributed by atoms with E-state index in [1.165, 1.54) is 19.3 Å². The minimum absolute atomic E-state index is 0.191. The summed E-state index contributed by atoms with van der Waals surface area (Å²) in [4.78, 5) is 11.0. The van der Waals surface area contributed by atoms with Crippen LogP contribution in [0.3, 0.4) is 0 Å². The summed E-state index contributed by atoms with van der Waals surface area (Å²) in [5.41, 5.74) is 5.05. The third kappa shape index (κ3) is 6.03. The van der Waals surface area contributed by atoms with E-state index in [1.54, 1.807) is 0 Å². The predicted octanol–water partition coefficient (Wildman–Crippen LogP) is 2.35. The molecule has 0 fully saturated rings. The summed E-state index contributed by atoms with van der Waals surface area (Å²) in [5.74, 6) is -0.360. The number of unbranched alkanes of at least 4 members (excludes halogenated alkanes) is 3. The van der Waals surface area contributed by atoms with Crippen LogP contribution in [0.1, 0.15) is 44.6 Å². The molecule has 0 spiro atoms. The van der Waals surface area contributed by atoms with Crippen LogP contribution in [-0.4, -0.2) is 34.9 Å². The number of benzene rings is 1. The van der Waals surface area contributed by atoms with Gasteiger partial charge in [0.05, 0.1) is 13.2 Å². The number of aryl methyl sites for hydroxylation is 1. The van der Waals surface area contributed by atoms with Crippen molar-refractivity contribution in [3.8, 4) is 5.75 Å². The smallest absolute Gasteiger partial charge is 0.326 e. The van der Waals surface area contributed by atoms with Crippen molar-refractivity contribution in [3.63, 3.8) is 0 Å². The second-order valence-corrected chi connectivity index (χ2v) is 5.67. The Morgan fingerprint density at radius 1 is 1.23 bits per heavy atom. The van der Waals surface area contributed by atoms with E-state index in [0.29, 0.717) is 6.42 Å². The first-order valence-corrected chi connectivity index (χ1v) is 7.86. The first-order chi connectivity index (χ1) is 10.5. The molecule has 1 aromatic carbocycles. The molecule has 0 aliphatic heterocycles. The summed E-state index contributed by atoms with van der Waals surface area (Å²) in [6, 6.07) is 7.57. The van der Waals surface area contributed by atoms with Crippen molar-refractivity contribution in [2.24, 2.45) is 5.73 Å². The van der Waals surface area contributed by atoms with E-state index in [9.17, 15) is 4.79 Å². The van der Waals surface area contributed by atoms with Crippen molar-refractivity contribution in [1.82, 2.24) is 0 Å². The van der Waals surface area contributed by atoms with Crippen molar-refractivity contribution in [2.75, 3.05) is 13.2 Å². The largest absolute Gasteiger partial charge is 0.494 e. The van der Waals surface area contributed by atoms with Crippen molar-refractivity contribution in [3.05, 3.63) is 29.8 Å². The van der Waals surface area contributed by atoms with Gasteiger partial charge in [0.1, 0.15) is 11.3 Å². The number of nitrogens with two attached hydrogens (primary N) is 1. The van der Waals surface area contributed by atoms with Crippen LogP contribution in [-0.2, 0) is 11.2 Å². The number of aliphatic carboxylic acids is 1. The zero-order chi connectivity index (χ0) is 16.4. The molecule has 0 saturated carbocycles. The van der Waals surface area contributed by atoms with Crippen LogP contribution in [0.15, 0.2) is 24.3 Å². The first kappa shape index (κ1) is 18.5. The van der Waals surface area contributed by atoms with E-state index in [-0.39, 0.29) is 6.42 Å². The lowest BCUT2D eigenvalue weighted by Crippen LogP contribution is -2.51. The molecule has 0 bridgehead atoms. The maximum absolute atomic E-state index is 11.0. The number of rotatable bonds is 11. The molecule has 0 saturated heterocycles. The van der Waals surface area contributed by atoms with E-state index in [4.69, 9.17) is 20.7 Å². The highest BCUT2D eigenvalue weighted by Gasteiger charge is 2.32. The summed E-state index contributed by atoms with van der Waals surface area (Å²) in [6.07, 6.45) is 5.37. The fourth-order valence-corrected chi connectivity index (χ4v) is 2.09. The average Bonchev–Trinajstić information content (AvgIpc) is 2.53. The zero-order valence-corrected chi connectivity index (χ0v) is 13.3. The summed E-state index contributed by atoms with van der Waals surface area (Å²) in [7, 11) is 0. The third-order valence-corrected chi connectivity index (χ3v) is 3.76. The zero-order valence-electron chi connectivity index (χ0n) is 13.3. The van der Waals surface area contributed by atoms with E-state index >= 15 is 0 Å². The van der Waals surface area contributed by atoms with Crippen LogP contribution in [0.5, 0.6) is 5.75 Å². The Balaban J connectivity index is 2.40. The lowest BCUT2D eigenvalue weighted by atomic mass is 9.93. The van der Waals surface area contributed by atoms with Crippen molar-refractivity contribution < 1.29 is 19.7 Å². The number of ether oxygens (including phenoxy) is 1. The summed E-state index contributed by atoms with van der Waals surface area (Å²) in [5, 5.41) is 18.1. The van der Waals surface area contributed by atoms with Gasteiger partial charge in [-0.3, -0.25) is 4.79 Å². The van der Waals surface area contributed by atoms with E-state index in [1.807, 2.05) is 24.3 Å². The SMILES string of the molecule is CCCCCCOc1ccc(CCC(N)(CO)C(=O)O)cc1. The number of carbonyl (C=O) groups is 1. The molecule has 5 heteroatoms. The minimum Gasteiger partial charge on any atom is -0.494 e. The Morgan fingerprint density at radius 3 is 2.45 bits per heavy atom. The quantitative estimate of drug-likeness (QED) is 0.546. The monoisotopic (exact) mass is 309 g/mol. The number of hydrogen-bond donors (Lipinski definition) is 3. The van der Waals surface area contributed by atoms with Gasteiger partial charge in [0, 0.05) is 0 Å². The molecule has 1 unspecified atom stereocenters. The Morgan fingerprint density at radius 2 is 1.91 bits per heavy atom. The number of hydrogen-bond acceptors (Lipinski definition) is 4. The lowest BCUT2D eigenvalue weighted by molar-refractivity contribution is -0.145. The number of carboxylic acids is 1. The maximum atomic E-state index is 11.0. The van der Waals surface area contributed by atoms with Gasteiger partial charge in [-0.05, 0) is 37.0 Å². The van der Waals surface area contributed by atoms with Crippen molar-refractivity contribution in [2.45, 2.75) is 51.0 Å². The van der Waals surface area contributed by atoms with Crippen LogP contribution in [0.2, 0.25) is 0 Å². The molecule has 22 heavy (non-hydrogen) atoms. The highest BCUT2D eigenvalue weighted by atomic mass is 16.5. The molecule has 4 N–H and O–H groups in total. The Bertz CT molecular complexity index is 446. The molecule has 1 aromatic rings. The second kappa shape index (κ2) is 9.43. The predicted molar refractivity (Wildman–Crippen MR) is 86.0 cm³/mol. The molecule has 0 heterocycles. The summed E-state index contributed by atoms with van der Waals surface area (Å²) in [6.45, 7) is 2.33. The highest BCUT2D eigenvalue weighted by Crippen LogP contribution is 2.17. The molecular formula is C17H27NO4. The topological polar surface area (TPSA) is 92.8 Å². The second-order valence-electron chi connectivity index (χ2n) is 5.67. The Kier molecular flexibility index (Phi) is 7.91. The van der Waals surface area contributed by atoms with Gasteiger partial charge < -0.3 is 20.7 Å². The van der Waals surface area contributed by atoms with Crippen LogP contribution in [0.25, 0.3) is 0 Å². The standard InChI is InChI=1S/C17H27NO4/c1-2-3-4-5-12-22-15-8-6-14(7-9-15)10-11-17(18,13-19)16(20)21/h6-9,19H,2-5,10-13,18H2,1H3,(H,20,21). The van der Waals surface area contributed by atoms with E-state index < -0.39 is 18.1 Å². The summed E-state index contributed by atoms with van der Waals surface area (Å²) >= 11 is 0. The summed E-state index contributed by atoms with van der Waals surface area (Å²) < 4.78 is 5.65. The first-order valence-electron chi connectivity index (χ1n) is 7.86. The fraction of sp³-hybridized carbons (Fsp3) is 0.588. The molecule has 0 aliphatic carbocycles. The number of carboxylic acid groups (broad SMARTS) is 1. The van der Waals surface area contributed by atoms with Crippen molar-refractivity contribution >= 4 is 5.97 Å². The van der Waals surface area contributed by atoms with Gasteiger partial charge in [0.2, 0.25) is 0 Å². The number of aliphatic hydroxyl groups excluding tert-OH is 1. The highest BCUT2D eigenvalue weighted by molar-refractivity contribution is 5.78. The molecule has 0 aromatic heterocycles. The minimum atomic E-state index is -1.57.